The number of nitrogens with zero attached hydrogens (tertiary/aromatic N) is 3. The van der Waals surface area contributed by atoms with Crippen LogP contribution in [0.25, 0.3) is 11.3 Å². The van der Waals surface area contributed by atoms with Crippen molar-refractivity contribution < 1.29 is 23.8 Å². The molecule has 9 heteroatoms. The Morgan fingerprint density at radius 2 is 1.47 bits per heavy atom. The highest BCUT2D eigenvalue weighted by Gasteiger charge is 2.61. The van der Waals surface area contributed by atoms with Crippen LogP contribution in [0, 0.1) is 16.0 Å². The molecule has 3 aromatic carbocycles. The highest BCUT2D eigenvalue weighted by molar-refractivity contribution is 6.23. The van der Waals surface area contributed by atoms with Gasteiger partial charge in [0.05, 0.1) is 16.3 Å². The quantitative estimate of drug-likeness (QED) is 0.227. The Balaban J connectivity index is 1.42. The highest BCUT2D eigenvalue weighted by atomic mass is 16.7. The summed E-state index contributed by atoms with van der Waals surface area (Å²) in [4.78, 5) is 45.0. The molecule has 178 valence electrons. The number of non-ortho nitro benzene ring substituents is 1. The zero-order chi connectivity index (χ0) is 24.8. The molecular formula is C27H19N3O6. The minimum absolute atomic E-state index is 0.0595. The number of hydroxylamine groups is 1. The van der Waals surface area contributed by atoms with Gasteiger partial charge < -0.3 is 4.42 Å². The summed E-state index contributed by atoms with van der Waals surface area (Å²) in [5.41, 5.74) is 1.61. The van der Waals surface area contributed by atoms with E-state index in [-0.39, 0.29) is 11.6 Å². The summed E-state index contributed by atoms with van der Waals surface area (Å²) in [5, 5.41) is 12.8. The number of benzene rings is 3. The van der Waals surface area contributed by atoms with E-state index in [1.807, 2.05) is 36.4 Å². The molecule has 2 aliphatic rings. The third-order valence-electron chi connectivity index (χ3n) is 6.40. The fourth-order valence-corrected chi connectivity index (χ4v) is 4.77. The van der Waals surface area contributed by atoms with Crippen LogP contribution in [0.3, 0.4) is 0 Å². The van der Waals surface area contributed by atoms with E-state index in [9.17, 15) is 19.7 Å². The lowest BCUT2D eigenvalue weighted by atomic mass is 9.94. The molecule has 2 amide bonds. The molecule has 0 aliphatic carbocycles. The SMILES string of the molecule is O=C1C2ON(c3ccccc3)C(c3ccc(-c4cccc([N+](=O)[O-])c4)o3)C2C(=O)N1c1ccccc1. The molecule has 0 spiro atoms. The van der Waals surface area contributed by atoms with E-state index in [0.29, 0.717) is 28.5 Å². The number of nitro benzene ring substituents is 1. The number of fused-ring (bicyclic) bond motifs is 1. The van der Waals surface area contributed by atoms with Crippen LogP contribution in [0.5, 0.6) is 0 Å². The maximum atomic E-state index is 13.6. The number of furan rings is 1. The third-order valence-corrected chi connectivity index (χ3v) is 6.40. The van der Waals surface area contributed by atoms with E-state index >= 15 is 0 Å². The van der Waals surface area contributed by atoms with Gasteiger partial charge in [-0.2, -0.15) is 0 Å². The predicted octanol–water partition coefficient (Wildman–Crippen LogP) is 4.91. The maximum absolute atomic E-state index is 13.6. The minimum Gasteiger partial charge on any atom is -0.459 e. The molecule has 3 heterocycles. The number of anilines is 2. The Morgan fingerprint density at radius 3 is 2.17 bits per heavy atom. The number of hydrogen-bond acceptors (Lipinski definition) is 7. The van der Waals surface area contributed by atoms with Gasteiger partial charge in [0.1, 0.15) is 23.5 Å². The zero-order valence-corrected chi connectivity index (χ0v) is 18.8. The average Bonchev–Trinajstić information content (AvgIpc) is 3.60. The summed E-state index contributed by atoms with van der Waals surface area (Å²) >= 11 is 0. The number of rotatable bonds is 5. The van der Waals surface area contributed by atoms with Gasteiger partial charge in [0, 0.05) is 17.7 Å². The van der Waals surface area contributed by atoms with E-state index in [2.05, 4.69) is 0 Å². The Kier molecular flexibility index (Phi) is 5.12. The van der Waals surface area contributed by atoms with Crippen LogP contribution in [0.2, 0.25) is 0 Å². The van der Waals surface area contributed by atoms with Gasteiger partial charge in [-0.1, -0.05) is 48.5 Å². The number of amides is 2. The number of carbonyl (C=O) groups is 2. The van der Waals surface area contributed by atoms with Gasteiger partial charge in [0.2, 0.25) is 5.91 Å². The van der Waals surface area contributed by atoms with Crippen molar-refractivity contribution in [3.63, 3.8) is 0 Å². The van der Waals surface area contributed by atoms with Crippen molar-refractivity contribution in [2.24, 2.45) is 5.92 Å². The largest absolute Gasteiger partial charge is 0.459 e. The molecular weight excluding hydrogens is 462 g/mol. The van der Waals surface area contributed by atoms with E-state index in [1.165, 1.54) is 12.1 Å². The first-order chi connectivity index (χ1) is 17.5. The van der Waals surface area contributed by atoms with E-state index in [4.69, 9.17) is 9.25 Å². The minimum atomic E-state index is -1.02. The Bertz CT molecular complexity index is 1470. The average molecular weight is 481 g/mol. The van der Waals surface area contributed by atoms with Crippen molar-refractivity contribution in [3.8, 4) is 11.3 Å². The number of nitro groups is 1. The Morgan fingerprint density at radius 1 is 0.778 bits per heavy atom. The summed E-state index contributed by atoms with van der Waals surface area (Å²) in [6.07, 6.45) is -1.02. The Labute approximate surface area is 205 Å². The smallest absolute Gasteiger partial charge is 0.270 e. The molecule has 9 nitrogen and oxygen atoms in total. The topological polar surface area (TPSA) is 106 Å². The molecule has 0 saturated carbocycles. The van der Waals surface area contributed by atoms with Gasteiger partial charge >= 0.3 is 0 Å². The van der Waals surface area contributed by atoms with Gasteiger partial charge in [-0.3, -0.25) is 24.5 Å². The molecule has 3 atom stereocenters. The Hall–Kier alpha value is -4.76. The van der Waals surface area contributed by atoms with Crippen LogP contribution in [0.1, 0.15) is 11.8 Å². The van der Waals surface area contributed by atoms with Gasteiger partial charge in [0.15, 0.2) is 6.10 Å². The van der Waals surface area contributed by atoms with Crippen LogP contribution in [0.15, 0.2) is 101 Å². The molecule has 2 saturated heterocycles. The van der Waals surface area contributed by atoms with E-state index in [1.54, 1.807) is 53.6 Å². The summed E-state index contributed by atoms with van der Waals surface area (Å²) in [7, 11) is 0. The van der Waals surface area contributed by atoms with Crippen LogP contribution < -0.4 is 9.96 Å². The lowest BCUT2D eigenvalue weighted by Crippen LogP contribution is -2.37. The van der Waals surface area contributed by atoms with Crippen molar-refractivity contribution in [2.45, 2.75) is 12.1 Å². The molecule has 0 N–H and O–H groups in total. The third kappa shape index (κ3) is 3.45. The van der Waals surface area contributed by atoms with Crippen LogP contribution in [-0.2, 0) is 14.4 Å². The first-order valence-corrected chi connectivity index (χ1v) is 11.3. The second-order valence-electron chi connectivity index (χ2n) is 8.51. The fourth-order valence-electron chi connectivity index (χ4n) is 4.77. The molecule has 4 aromatic rings. The number of para-hydroxylation sites is 2. The van der Waals surface area contributed by atoms with Crippen molar-refractivity contribution >= 4 is 28.9 Å². The molecule has 6 rings (SSSR count). The molecule has 2 aliphatic heterocycles. The summed E-state index contributed by atoms with van der Waals surface area (Å²) in [5.74, 6) is -0.856. The van der Waals surface area contributed by atoms with Crippen molar-refractivity contribution in [2.75, 3.05) is 9.96 Å². The van der Waals surface area contributed by atoms with Crippen molar-refractivity contribution in [1.29, 1.82) is 0 Å². The van der Waals surface area contributed by atoms with E-state index < -0.39 is 28.9 Å². The summed E-state index contributed by atoms with van der Waals surface area (Å²) in [6, 6.07) is 26.7. The molecule has 36 heavy (non-hydrogen) atoms. The van der Waals surface area contributed by atoms with Crippen LogP contribution >= 0.6 is 0 Å². The maximum Gasteiger partial charge on any atom is 0.270 e. The molecule has 2 fully saturated rings. The second-order valence-corrected chi connectivity index (χ2v) is 8.51. The van der Waals surface area contributed by atoms with E-state index in [0.717, 1.165) is 4.90 Å². The van der Waals surface area contributed by atoms with Crippen LogP contribution in [0.4, 0.5) is 17.1 Å². The van der Waals surface area contributed by atoms with Gasteiger partial charge in [-0.05, 0) is 36.4 Å². The van der Waals surface area contributed by atoms with Gasteiger partial charge in [0.25, 0.3) is 11.6 Å². The summed E-state index contributed by atoms with van der Waals surface area (Å²) < 4.78 is 6.15. The number of hydrogen-bond donors (Lipinski definition) is 0. The first kappa shape index (κ1) is 21.8. The molecule has 0 bridgehead atoms. The van der Waals surface area contributed by atoms with Crippen molar-refractivity contribution in [1.82, 2.24) is 0 Å². The normalized spacial score (nSPS) is 21.2. The summed E-state index contributed by atoms with van der Waals surface area (Å²) in [6.45, 7) is 0. The monoisotopic (exact) mass is 481 g/mol. The standard InChI is InChI=1S/C27H19N3O6/c31-26-23-24(22-15-14-21(35-22)17-8-7-13-20(16-17)30(33)34)29(19-11-5-2-6-12-19)36-25(23)27(32)28(26)18-9-3-1-4-10-18/h1-16,23-25H. The molecule has 0 radical (unpaired) electrons. The highest BCUT2D eigenvalue weighted by Crippen LogP contribution is 2.48. The number of imide groups is 1. The first-order valence-electron chi connectivity index (χ1n) is 11.3. The molecule has 1 aromatic heterocycles. The lowest BCUT2D eigenvalue weighted by molar-refractivity contribution is -0.384. The fraction of sp³-hybridized carbons (Fsp3) is 0.111. The number of carbonyl (C=O) groups excluding carboxylic acids is 2. The van der Waals surface area contributed by atoms with Crippen molar-refractivity contribution in [3.05, 3.63) is 113 Å². The lowest BCUT2D eigenvalue weighted by Gasteiger charge is -2.27. The predicted molar refractivity (Wildman–Crippen MR) is 130 cm³/mol. The van der Waals surface area contributed by atoms with Gasteiger partial charge in [-0.15, -0.1) is 0 Å². The molecule has 3 unspecified atom stereocenters. The second kappa shape index (κ2) is 8.47. The van der Waals surface area contributed by atoms with Gasteiger partial charge in [-0.25, -0.2) is 9.96 Å². The van der Waals surface area contributed by atoms with Crippen LogP contribution in [-0.4, -0.2) is 22.8 Å². The zero-order valence-electron chi connectivity index (χ0n) is 18.8.